The van der Waals surface area contributed by atoms with Crippen molar-refractivity contribution in [2.24, 2.45) is 0 Å². The van der Waals surface area contributed by atoms with Crippen LogP contribution in [0.5, 0.6) is 11.5 Å². The monoisotopic (exact) mass is 429 g/mol. The van der Waals surface area contributed by atoms with E-state index in [1.54, 1.807) is 48.5 Å². The first-order valence-electron chi connectivity index (χ1n) is 9.21. The third-order valence-electron chi connectivity index (χ3n) is 4.68. The second kappa shape index (κ2) is 9.04. The highest BCUT2D eigenvalue weighted by atomic mass is 32.2. The summed E-state index contributed by atoms with van der Waals surface area (Å²) < 4.78 is 42.2. The van der Waals surface area contributed by atoms with E-state index in [-0.39, 0.29) is 17.2 Å². The van der Waals surface area contributed by atoms with Gasteiger partial charge in [-0.05, 0) is 49.4 Å². The van der Waals surface area contributed by atoms with Crippen LogP contribution in [0, 0.1) is 6.92 Å². The lowest BCUT2D eigenvalue weighted by Gasteiger charge is -2.17. The lowest BCUT2D eigenvalue weighted by Crippen LogP contribution is -2.31. The fraction of sp³-hybridized carbons (Fsp3) is 0.227. The predicted octanol–water partition coefficient (Wildman–Crippen LogP) is 3.55. The largest absolute Gasteiger partial charge is 0.493 e. The lowest BCUT2D eigenvalue weighted by atomic mass is 10.2. The van der Waals surface area contributed by atoms with Crippen LogP contribution < -0.4 is 14.8 Å². The molecule has 3 rings (SSSR count). The summed E-state index contributed by atoms with van der Waals surface area (Å²) in [5.74, 6) is 0.708. The Morgan fingerprint density at radius 3 is 2.33 bits per heavy atom. The smallest absolute Gasteiger partial charge is 0.251 e. The van der Waals surface area contributed by atoms with Crippen LogP contribution in [0.25, 0.3) is 0 Å². The molecule has 1 atom stereocenters. The Hall–Kier alpha value is -3.26. The Labute approximate surface area is 175 Å². The third-order valence-corrected chi connectivity index (χ3v) is 6.76. The molecular formula is C22H23NO6S. The third kappa shape index (κ3) is 4.49. The molecule has 1 aromatic heterocycles. The molecule has 3 aromatic rings. The number of benzene rings is 2. The first-order valence-corrected chi connectivity index (χ1v) is 10.8. The van der Waals surface area contributed by atoms with Crippen molar-refractivity contribution < 1.29 is 27.1 Å². The van der Waals surface area contributed by atoms with Gasteiger partial charge in [-0.15, -0.1) is 0 Å². The van der Waals surface area contributed by atoms with E-state index < -0.39 is 21.0 Å². The van der Waals surface area contributed by atoms with Gasteiger partial charge in [0.25, 0.3) is 5.91 Å². The molecule has 2 aromatic carbocycles. The van der Waals surface area contributed by atoms with E-state index in [0.29, 0.717) is 17.1 Å². The molecule has 7 nitrogen and oxygen atoms in total. The summed E-state index contributed by atoms with van der Waals surface area (Å²) in [6, 6.07) is 14.5. The van der Waals surface area contributed by atoms with Gasteiger partial charge in [-0.2, -0.15) is 0 Å². The Balaban J connectivity index is 1.85. The van der Waals surface area contributed by atoms with Crippen LogP contribution >= 0.6 is 0 Å². The molecule has 0 aliphatic rings. The number of methoxy groups -OCH3 is 2. The number of carbonyl (C=O) groups is 1. The van der Waals surface area contributed by atoms with Crippen LogP contribution in [0.3, 0.4) is 0 Å². The molecule has 1 heterocycles. The van der Waals surface area contributed by atoms with Crippen molar-refractivity contribution in [2.45, 2.75) is 17.1 Å². The molecule has 0 unspecified atom stereocenters. The van der Waals surface area contributed by atoms with E-state index in [9.17, 15) is 13.2 Å². The zero-order valence-electron chi connectivity index (χ0n) is 16.9. The summed E-state index contributed by atoms with van der Waals surface area (Å²) >= 11 is 0. The van der Waals surface area contributed by atoms with E-state index in [1.165, 1.54) is 26.5 Å². The normalized spacial score (nSPS) is 12.2. The molecule has 0 aliphatic heterocycles. The molecule has 158 valence electrons. The van der Waals surface area contributed by atoms with Crippen LogP contribution in [0.2, 0.25) is 0 Å². The standard InChI is InChI=1S/C22H23NO6S/c1-15-6-9-17(10-7-15)30(25,26)21(19-5-4-12-29-19)14-23-22(24)16-8-11-18(27-2)20(13-16)28-3/h4-13,21H,14H2,1-3H3,(H,23,24)/t21-/m1/s1. The number of sulfone groups is 1. The number of rotatable bonds is 8. The maximum atomic E-state index is 13.2. The number of aryl methyl sites for hydroxylation is 1. The number of carbonyl (C=O) groups excluding carboxylic acids is 1. The lowest BCUT2D eigenvalue weighted by molar-refractivity contribution is 0.0953. The van der Waals surface area contributed by atoms with Crippen LogP contribution in [-0.2, 0) is 9.84 Å². The predicted molar refractivity (Wildman–Crippen MR) is 112 cm³/mol. The fourth-order valence-electron chi connectivity index (χ4n) is 2.99. The quantitative estimate of drug-likeness (QED) is 0.588. The molecule has 0 saturated heterocycles. The summed E-state index contributed by atoms with van der Waals surface area (Å²) in [4.78, 5) is 12.8. The van der Waals surface area contributed by atoms with Gasteiger partial charge in [-0.1, -0.05) is 17.7 Å². The van der Waals surface area contributed by atoms with Crippen LogP contribution in [0.15, 0.2) is 70.2 Å². The molecule has 0 saturated carbocycles. The van der Waals surface area contributed by atoms with Crippen molar-refractivity contribution in [1.82, 2.24) is 5.32 Å². The van der Waals surface area contributed by atoms with Crippen molar-refractivity contribution in [3.05, 3.63) is 77.7 Å². The number of ether oxygens (including phenoxy) is 2. The van der Waals surface area contributed by atoms with Crippen LogP contribution in [-0.4, -0.2) is 35.1 Å². The van der Waals surface area contributed by atoms with Crippen molar-refractivity contribution >= 4 is 15.7 Å². The van der Waals surface area contributed by atoms with Crippen molar-refractivity contribution in [1.29, 1.82) is 0 Å². The van der Waals surface area contributed by atoms with Gasteiger partial charge in [-0.25, -0.2) is 8.42 Å². The zero-order chi connectivity index (χ0) is 21.7. The van der Waals surface area contributed by atoms with E-state index in [4.69, 9.17) is 13.9 Å². The average Bonchev–Trinajstić information content (AvgIpc) is 3.27. The summed E-state index contributed by atoms with van der Waals surface area (Å²) in [6.07, 6.45) is 1.41. The topological polar surface area (TPSA) is 94.8 Å². The fourth-order valence-corrected chi connectivity index (χ4v) is 4.58. The van der Waals surface area contributed by atoms with Gasteiger partial charge >= 0.3 is 0 Å². The van der Waals surface area contributed by atoms with Gasteiger partial charge in [0.2, 0.25) is 0 Å². The average molecular weight is 429 g/mol. The van der Waals surface area contributed by atoms with Gasteiger partial charge < -0.3 is 19.2 Å². The highest BCUT2D eigenvalue weighted by Gasteiger charge is 2.32. The van der Waals surface area contributed by atoms with Crippen LogP contribution in [0.4, 0.5) is 0 Å². The van der Waals surface area contributed by atoms with Gasteiger partial charge in [0, 0.05) is 12.1 Å². The highest BCUT2D eigenvalue weighted by Crippen LogP contribution is 2.30. The Morgan fingerprint density at radius 2 is 1.73 bits per heavy atom. The van der Waals surface area contributed by atoms with Gasteiger partial charge in [0.1, 0.15) is 11.0 Å². The number of hydrogen-bond donors (Lipinski definition) is 1. The highest BCUT2D eigenvalue weighted by molar-refractivity contribution is 7.91. The summed E-state index contributed by atoms with van der Waals surface area (Å²) in [5, 5.41) is 1.62. The summed E-state index contributed by atoms with van der Waals surface area (Å²) in [5.41, 5.74) is 1.27. The minimum Gasteiger partial charge on any atom is -0.493 e. The number of nitrogens with one attached hydrogen (secondary N) is 1. The van der Waals surface area contributed by atoms with Crippen molar-refractivity contribution in [3.8, 4) is 11.5 Å². The molecule has 1 amide bonds. The second-order valence-electron chi connectivity index (χ2n) is 6.64. The molecular weight excluding hydrogens is 406 g/mol. The Bertz CT molecular complexity index is 1110. The van der Waals surface area contributed by atoms with Crippen LogP contribution in [0.1, 0.15) is 26.9 Å². The van der Waals surface area contributed by atoms with E-state index in [0.717, 1.165) is 5.56 Å². The number of amides is 1. The molecule has 0 aliphatic carbocycles. The molecule has 1 N–H and O–H groups in total. The van der Waals surface area contributed by atoms with E-state index in [2.05, 4.69) is 5.32 Å². The zero-order valence-corrected chi connectivity index (χ0v) is 17.7. The van der Waals surface area contributed by atoms with Gasteiger partial charge in [-0.3, -0.25) is 4.79 Å². The van der Waals surface area contributed by atoms with Crippen molar-refractivity contribution in [2.75, 3.05) is 20.8 Å². The molecule has 0 bridgehead atoms. The van der Waals surface area contributed by atoms with E-state index >= 15 is 0 Å². The maximum absolute atomic E-state index is 13.2. The number of hydrogen-bond acceptors (Lipinski definition) is 6. The Kier molecular flexibility index (Phi) is 6.47. The van der Waals surface area contributed by atoms with Gasteiger partial charge in [0.15, 0.2) is 21.3 Å². The summed E-state index contributed by atoms with van der Waals surface area (Å²) in [7, 11) is -0.821. The molecule has 0 radical (unpaired) electrons. The molecule has 0 spiro atoms. The first kappa shape index (κ1) is 21.4. The van der Waals surface area contributed by atoms with Gasteiger partial charge in [0.05, 0.1) is 25.4 Å². The second-order valence-corrected chi connectivity index (χ2v) is 8.77. The molecule has 8 heteroatoms. The minimum atomic E-state index is -3.80. The first-order chi connectivity index (χ1) is 14.4. The number of furan rings is 1. The minimum absolute atomic E-state index is 0.156. The SMILES string of the molecule is COc1ccc(C(=O)NC[C@H](c2ccco2)S(=O)(=O)c2ccc(C)cc2)cc1OC. The molecule has 30 heavy (non-hydrogen) atoms. The van der Waals surface area contributed by atoms with E-state index in [1.807, 2.05) is 6.92 Å². The summed E-state index contributed by atoms with van der Waals surface area (Å²) in [6.45, 7) is 1.72. The molecule has 0 fully saturated rings. The maximum Gasteiger partial charge on any atom is 0.251 e. The Morgan fingerprint density at radius 1 is 1.03 bits per heavy atom. The van der Waals surface area contributed by atoms with Crippen molar-refractivity contribution in [3.63, 3.8) is 0 Å².